The molecule has 100 valence electrons. The van der Waals surface area contributed by atoms with E-state index in [9.17, 15) is 8.42 Å². The van der Waals surface area contributed by atoms with Crippen molar-refractivity contribution < 1.29 is 8.42 Å². The van der Waals surface area contributed by atoms with Gasteiger partial charge in [0.05, 0.1) is 4.90 Å². The second-order valence-corrected chi connectivity index (χ2v) is 6.89. The Kier molecular flexibility index (Phi) is 3.75. The molecule has 1 aromatic carbocycles. The summed E-state index contributed by atoms with van der Waals surface area (Å²) in [5.74, 6) is 0.277. The van der Waals surface area contributed by atoms with E-state index in [2.05, 4.69) is 0 Å². The van der Waals surface area contributed by atoms with Crippen molar-refractivity contribution in [2.45, 2.75) is 31.2 Å². The Labute approximate surface area is 109 Å². The van der Waals surface area contributed by atoms with Crippen molar-refractivity contribution >= 4 is 10.0 Å². The summed E-state index contributed by atoms with van der Waals surface area (Å²) in [7, 11) is -3.38. The first-order chi connectivity index (χ1) is 8.46. The van der Waals surface area contributed by atoms with Gasteiger partial charge in [-0.25, -0.2) is 8.42 Å². The largest absolute Gasteiger partial charge is 0.330 e. The summed E-state index contributed by atoms with van der Waals surface area (Å²) < 4.78 is 26.8. The van der Waals surface area contributed by atoms with Gasteiger partial charge in [0, 0.05) is 12.6 Å². The summed E-state index contributed by atoms with van der Waals surface area (Å²) in [6.45, 7) is 4.86. The molecular weight excluding hydrogens is 248 g/mol. The first kappa shape index (κ1) is 13.5. The molecule has 2 rings (SSSR count). The van der Waals surface area contributed by atoms with Crippen LogP contribution in [0.15, 0.2) is 29.2 Å². The minimum absolute atomic E-state index is 0.0307. The predicted octanol–water partition coefficient (Wildman–Crippen LogP) is 1.35. The van der Waals surface area contributed by atoms with Crippen molar-refractivity contribution in [2.75, 3.05) is 13.1 Å². The van der Waals surface area contributed by atoms with E-state index in [0.29, 0.717) is 18.0 Å². The van der Waals surface area contributed by atoms with Gasteiger partial charge in [-0.2, -0.15) is 4.31 Å². The van der Waals surface area contributed by atoms with E-state index in [0.717, 1.165) is 12.0 Å². The maximum Gasteiger partial charge on any atom is 0.243 e. The molecule has 1 aromatic rings. The Hall–Kier alpha value is -0.910. The maximum atomic E-state index is 12.6. The lowest BCUT2D eigenvalue weighted by Gasteiger charge is -2.22. The van der Waals surface area contributed by atoms with Crippen molar-refractivity contribution in [2.24, 2.45) is 11.7 Å². The van der Waals surface area contributed by atoms with Crippen LogP contribution in [0, 0.1) is 12.8 Å². The van der Waals surface area contributed by atoms with Gasteiger partial charge in [-0.15, -0.1) is 0 Å². The van der Waals surface area contributed by atoms with Crippen LogP contribution >= 0.6 is 0 Å². The van der Waals surface area contributed by atoms with Gasteiger partial charge in [-0.05, 0) is 44.4 Å². The SMILES string of the molecule is Cc1ccccc1S(=O)(=O)N1CC(CN)CC1C. The fourth-order valence-corrected chi connectivity index (χ4v) is 4.53. The zero-order valence-corrected chi connectivity index (χ0v) is 11.7. The number of hydrogen-bond donors (Lipinski definition) is 1. The lowest BCUT2D eigenvalue weighted by atomic mass is 10.1. The second-order valence-electron chi connectivity index (χ2n) is 5.03. The minimum Gasteiger partial charge on any atom is -0.330 e. The van der Waals surface area contributed by atoms with Gasteiger partial charge in [0.25, 0.3) is 0 Å². The zero-order chi connectivity index (χ0) is 13.3. The summed E-state index contributed by atoms with van der Waals surface area (Å²) in [4.78, 5) is 0.412. The van der Waals surface area contributed by atoms with Gasteiger partial charge >= 0.3 is 0 Å². The van der Waals surface area contributed by atoms with E-state index in [1.54, 1.807) is 16.4 Å². The van der Waals surface area contributed by atoms with Crippen LogP contribution in [0.25, 0.3) is 0 Å². The van der Waals surface area contributed by atoms with Crippen molar-refractivity contribution in [3.63, 3.8) is 0 Å². The molecule has 0 bridgehead atoms. The van der Waals surface area contributed by atoms with Crippen LogP contribution in [0.3, 0.4) is 0 Å². The van der Waals surface area contributed by atoms with E-state index < -0.39 is 10.0 Å². The van der Waals surface area contributed by atoms with E-state index in [1.807, 2.05) is 26.0 Å². The highest BCUT2D eigenvalue weighted by molar-refractivity contribution is 7.89. The third-order valence-electron chi connectivity index (χ3n) is 3.62. The Morgan fingerprint density at radius 2 is 2.06 bits per heavy atom. The van der Waals surface area contributed by atoms with Crippen LogP contribution in [0.4, 0.5) is 0 Å². The van der Waals surface area contributed by atoms with Crippen LogP contribution < -0.4 is 5.73 Å². The molecule has 1 fully saturated rings. The third-order valence-corrected chi connectivity index (χ3v) is 5.76. The summed E-state index contributed by atoms with van der Waals surface area (Å²) in [5, 5.41) is 0. The summed E-state index contributed by atoms with van der Waals surface area (Å²) in [5.41, 5.74) is 6.44. The molecular formula is C13H20N2O2S. The highest BCUT2D eigenvalue weighted by atomic mass is 32.2. The fraction of sp³-hybridized carbons (Fsp3) is 0.538. The van der Waals surface area contributed by atoms with Gasteiger partial charge in [0.2, 0.25) is 10.0 Å². The lowest BCUT2D eigenvalue weighted by molar-refractivity contribution is 0.404. The molecule has 5 heteroatoms. The van der Waals surface area contributed by atoms with Crippen LogP contribution in [0.1, 0.15) is 18.9 Å². The lowest BCUT2D eigenvalue weighted by Crippen LogP contribution is -2.34. The van der Waals surface area contributed by atoms with E-state index in [4.69, 9.17) is 5.73 Å². The Morgan fingerprint density at radius 1 is 1.39 bits per heavy atom. The highest BCUT2D eigenvalue weighted by Crippen LogP contribution is 2.29. The Morgan fingerprint density at radius 3 is 2.61 bits per heavy atom. The van der Waals surface area contributed by atoms with E-state index in [1.165, 1.54) is 0 Å². The van der Waals surface area contributed by atoms with Crippen LogP contribution in [0.5, 0.6) is 0 Å². The van der Waals surface area contributed by atoms with Crippen molar-refractivity contribution in [1.82, 2.24) is 4.31 Å². The topological polar surface area (TPSA) is 63.4 Å². The molecule has 0 spiro atoms. The van der Waals surface area contributed by atoms with Crippen LogP contribution in [-0.2, 0) is 10.0 Å². The molecule has 0 aromatic heterocycles. The number of nitrogens with two attached hydrogens (primary N) is 1. The van der Waals surface area contributed by atoms with Crippen LogP contribution in [-0.4, -0.2) is 31.9 Å². The predicted molar refractivity (Wildman–Crippen MR) is 71.7 cm³/mol. The quantitative estimate of drug-likeness (QED) is 0.900. The first-order valence-electron chi connectivity index (χ1n) is 6.24. The molecule has 1 aliphatic heterocycles. The van der Waals surface area contributed by atoms with Crippen LogP contribution in [0.2, 0.25) is 0 Å². The standard InChI is InChI=1S/C13H20N2O2S/c1-10-5-3-4-6-13(10)18(16,17)15-9-12(8-14)7-11(15)2/h3-6,11-12H,7-9,14H2,1-2H3. The first-order valence-corrected chi connectivity index (χ1v) is 7.68. The number of hydrogen-bond acceptors (Lipinski definition) is 3. The van der Waals surface area contributed by atoms with Gasteiger partial charge in [0.15, 0.2) is 0 Å². The molecule has 1 aliphatic rings. The number of rotatable bonds is 3. The van der Waals surface area contributed by atoms with E-state index in [-0.39, 0.29) is 12.0 Å². The van der Waals surface area contributed by atoms with Crippen molar-refractivity contribution in [3.05, 3.63) is 29.8 Å². The summed E-state index contributed by atoms with van der Waals surface area (Å²) in [6.07, 6.45) is 0.849. The molecule has 1 saturated heterocycles. The number of aryl methyl sites for hydroxylation is 1. The molecule has 1 heterocycles. The van der Waals surface area contributed by atoms with E-state index >= 15 is 0 Å². The molecule has 2 atom stereocenters. The normalized spacial score (nSPS) is 25.5. The third kappa shape index (κ3) is 2.30. The average Bonchev–Trinajstić information content (AvgIpc) is 2.71. The molecule has 0 radical (unpaired) electrons. The highest BCUT2D eigenvalue weighted by Gasteiger charge is 2.37. The number of benzene rings is 1. The van der Waals surface area contributed by atoms with Gasteiger partial charge in [-0.3, -0.25) is 0 Å². The zero-order valence-electron chi connectivity index (χ0n) is 10.8. The average molecular weight is 268 g/mol. The maximum absolute atomic E-state index is 12.6. The fourth-order valence-electron chi connectivity index (χ4n) is 2.59. The van der Waals surface area contributed by atoms with Gasteiger partial charge in [0.1, 0.15) is 0 Å². The molecule has 18 heavy (non-hydrogen) atoms. The molecule has 0 aliphatic carbocycles. The Bertz CT molecular complexity index is 528. The van der Waals surface area contributed by atoms with Gasteiger partial charge < -0.3 is 5.73 Å². The van der Waals surface area contributed by atoms with Gasteiger partial charge in [-0.1, -0.05) is 18.2 Å². The minimum atomic E-state index is -3.38. The summed E-state index contributed by atoms with van der Waals surface area (Å²) in [6, 6.07) is 7.15. The molecule has 0 amide bonds. The van der Waals surface area contributed by atoms with Crippen molar-refractivity contribution in [3.8, 4) is 0 Å². The second kappa shape index (κ2) is 4.99. The smallest absolute Gasteiger partial charge is 0.243 e. The number of nitrogens with zero attached hydrogens (tertiary/aromatic N) is 1. The summed E-state index contributed by atoms with van der Waals surface area (Å²) >= 11 is 0. The van der Waals surface area contributed by atoms with Crippen molar-refractivity contribution in [1.29, 1.82) is 0 Å². The molecule has 0 saturated carbocycles. The molecule has 4 nitrogen and oxygen atoms in total. The Balaban J connectivity index is 2.36. The molecule has 2 N–H and O–H groups in total. The molecule has 2 unspecified atom stereocenters. The number of sulfonamides is 1. The monoisotopic (exact) mass is 268 g/mol.